The average Bonchev–Trinajstić information content (AvgIpc) is 2.44. The van der Waals surface area contributed by atoms with Gasteiger partial charge in [-0.1, -0.05) is 31.5 Å². The number of hydrogen-bond donors (Lipinski definition) is 1. The standard InChI is InChI=1S/C17H28N2/c1-13-7-8-16(11-14(13)2)15(3)17(12-18)19-9-5-4-6-10-19/h7-8,11,15,17H,4-6,9-10,12,18H2,1-3H3. The predicted molar refractivity (Wildman–Crippen MR) is 82.6 cm³/mol. The Hall–Kier alpha value is -0.860. The van der Waals surface area contributed by atoms with Crippen LogP contribution in [0.2, 0.25) is 0 Å². The maximum Gasteiger partial charge on any atom is 0.0284 e. The largest absolute Gasteiger partial charge is 0.329 e. The summed E-state index contributed by atoms with van der Waals surface area (Å²) in [6.45, 7) is 9.90. The number of rotatable bonds is 4. The number of piperidine rings is 1. The molecule has 0 aliphatic carbocycles. The number of aryl methyl sites for hydroxylation is 2. The maximum atomic E-state index is 6.07. The lowest BCUT2D eigenvalue weighted by Crippen LogP contribution is -2.46. The van der Waals surface area contributed by atoms with E-state index in [2.05, 4.69) is 43.9 Å². The summed E-state index contributed by atoms with van der Waals surface area (Å²) in [4.78, 5) is 2.60. The molecule has 0 spiro atoms. The molecule has 1 saturated heterocycles. The minimum absolute atomic E-state index is 0.488. The topological polar surface area (TPSA) is 29.3 Å². The summed E-state index contributed by atoms with van der Waals surface area (Å²) in [6, 6.07) is 7.35. The van der Waals surface area contributed by atoms with E-state index in [1.165, 1.54) is 49.0 Å². The number of likely N-dealkylation sites (tertiary alicyclic amines) is 1. The number of nitrogens with zero attached hydrogens (tertiary/aromatic N) is 1. The molecule has 19 heavy (non-hydrogen) atoms. The highest BCUT2D eigenvalue weighted by molar-refractivity contribution is 5.32. The Kier molecular flexibility index (Phi) is 5.00. The average molecular weight is 260 g/mol. The van der Waals surface area contributed by atoms with Crippen molar-refractivity contribution in [3.8, 4) is 0 Å². The first-order chi connectivity index (χ1) is 9.13. The second-order valence-electron chi connectivity index (χ2n) is 6.03. The Morgan fingerprint density at radius 2 is 1.79 bits per heavy atom. The van der Waals surface area contributed by atoms with Crippen molar-refractivity contribution in [3.05, 3.63) is 34.9 Å². The molecule has 106 valence electrons. The van der Waals surface area contributed by atoms with Crippen molar-refractivity contribution >= 4 is 0 Å². The van der Waals surface area contributed by atoms with Gasteiger partial charge in [-0.25, -0.2) is 0 Å². The molecule has 1 aliphatic rings. The molecule has 2 heteroatoms. The van der Waals surface area contributed by atoms with E-state index in [0.29, 0.717) is 12.0 Å². The minimum Gasteiger partial charge on any atom is -0.329 e. The van der Waals surface area contributed by atoms with Crippen molar-refractivity contribution in [1.29, 1.82) is 0 Å². The van der Waals surface area contributed by atoms with Crippen LogP contribution in [0.15, 0.2) is 18.2 Å². The van der Waals surface area contributed by atoms with Crippen LogP contribution in [-0.2, 0) is 0 Å². The molecule has 0 bridgehead atoms. The van der Waals surface area contributed by atoms with Crippen molar-refractivity contribution in [2.75, 3.05) is 19.6 Å². The third kappa shape index (κ3) is 3.37. The summed E-state index contributed by atoms with van der Waals surface area (Å²) in [7, 11) is 0. The molecule has 0 amide bonds. The highest BCUT2D eigenvalue weighted by Crippen LogP contribution is 2.26. The Morgan fingerprint density at radius 3 is 2.37 bits per heavy atom. The summed E-state index contributed by atoms with van der Waals surface area (Å²) in [5, 5.41) is 0. The molecule has 1 fully saturated rings. The molecule has 1 aromatic rings. The molecule has 2 unspecified atom stereocenters. The summed E-state index contributed by atoms with van der Waals surface area (Å²) < 4.78 is 0. The van der Waals surface area contributed by atoms with Crippen molar-refractivity contribution in [1.82, 2.24) is 4.90 Å². The molecule has 0 aromatic heterocycles. The van der Waals surface area contributed by atoms with Gasteiger partial charge in [0.05, 0.1) is 0 Å². The van der Waals surface area contributed by atoms with Crippen molar-refractivity contribution in [2.45, 2.75) is 52.0 Å². The number of benzene rings is 1. The van der Waals surface area contributed by atoms with Crippen LogP contribution in [0, 0.1) is 13.8 Å². The smallest absolute Gasteiger partial charge is 0.0284 e. The van der Waals surface area contributed by atoms with Gasteiger partial charge in [-0.05, 0) is 62.4 Å². The predicted octanol–water partition coefficient (Wildman–Crippen LogP) is 3.22. The van der Waals surface area contributed by atoms with Crippen LogP contribution in [-0.4, -0.2) is 30.6 Å². The van der Waals surface area contributed by atoms with Crippen LogP contribution in [0.3, 0.4) is 0 Å². The molecule has 2 nitrogen and oxygen atoms in total. The summed E-state index contributed by atoms with van der Waals surface area (Å²) in [5.41, 5.74) is 10.3. The van der Waals surface area contributed by atoms with Gasteiger partial charge in [-0.3, -0.25) is 4.90 Å². The molecule has 2 N–H and O–H groups in total. The fourth-order valence-corrected chi connectivity index (χ4v) is 3.19. The summed E-state index contributed by atoms with van der Waals surface area (Å²) >= 11 is 0. The highest BCUT2D eigenvalue weighted by Gasteiger charge is 2.25. The lowest BCUT2D eigenvalue weighted by Gasteiger charge is -2.37. The van der Waals surface area contributed by atoms with Gasteiger partial charge in [0.15, 0.2) is 0 Å². The molecule has 1 aliphatic heterocycles. The van der Waals surface area contributed by atoms with Crippen molar-refractivity contribution in [3.63, 3.8) is 0 Å². The molecular weight excluding hydrogens is 232 g/mol. The van der Waals surface area contributed by atoms with E-state index >= 15 is 0 Å². The van der Waals surface area contributed by atoms with Crippen molar-refractivity contribution in [2.24, 2.45) is 5.73 Å². The molecular formula is C17H28N2. The van der Waals surface area contributed by atoms with Gasteiger partial charge < -0.3 is 5.73 Å². The first-order valence-electron chi connectivity index (χ1n) is 7.64. The Balaban J connectivity index is 2.14. The Morgan fingerprint density at radius 1 is 1.11 bits per heavy atom. The molecule has 0 saturated carbocycles. The molecule has 1 aromatic carbocycles. The summed E-state index contributed by atoms with van der Waals surface area (Å²) in [6.07, 6.45) is 4.04. The first-order valence-corrected chi connectivity index (χ1v) is 7.64. The monoisotopic (exact) mass is 260 g/mol. The maximum absolute atomic E-state index is 6.07. The van der Waals surface area contributed by atoms with E-state index < -0.39 is 0 Å². The second-order valence-corrected chi connectivity index (χ2v) is 6.03. The van der Waals surface area contributed by atoms with Gasteiger partial charge in [0.1, 0.15) is 0 Å². The zero-order valence-corrected chi connectivity index (χ0v) is 12.7. The third-order valence-corrected chi connectivity index (χ3v) is 4.74. The van der Waals surface area contributed by atoms with Gasteiger partial charge in [0.2, 0.25) is 0 Å². The highest BCUT2D eigenvalue weighted by atomic mass is 15.2. The second kappa shape index (κ2) is 6.53. The van der Waals surface area contributed by atoms with Crippen LogP contribution < -0.4 is 5.73 Å². The van der Waals surface area contributed by atoms with E-state index in [4.69, 9.17) is 5.73 Å². The zero-order chi connectivity index (χ0) is 13.8. The van der Waals surface area contributed by atoms with E-state index in [1.807, 2.05) is 0 Å². The lowest BCUT2D eigenvalue weighted by atomic mass is 9.89. The fraction of sp³-hybridized carbons (Fsp3) is 0.647. The molecule has 1 heterocycles. The van der Waals surface area contributed by atoms with Gasteiger partial charge in [0.25, 0.3) is 0 Å². The van der Waals surface area contributed by atoms with E-state index in [9.17, 15) is 0 Å². The number of hydrogen-bond acceptors (Lipinski definition) is 2. The van der Waals surface area contributed by atoms with Crippen LogP contribution in [0.4, 0.5) is 0 Å². The molecule has 0 radical (unpaired) electrons. The normalized spacial score (nSPS) is 20.2. The van der Waals surface area contributed by atoms with Crippen LogP contribution in [0.1, 0.15) is 48.8 Å². The van der Waals surface area contributed by atoms with Crippen molar-refractivity contribution < 1.29 is 0 Å². The number of nitrogens with two attached hydrogens (primary N) is 1. The van der Waals surface area contributed by atoms with E-state index in [-0.39, 0.29) is 0 Å². The van der Waals surface area contributed by atoms with Crippen LogP contribution >= 0.6 is 0 Å². The van der Waals surface area contributed by atoms with Gasteiger partial charge in [-0.15, -0.1) is 0 Å². The van der Waals surface area contributed by atoms with E-state index in [1.54, 1.807) is 0 Å². The Labute approximate surface area is 118 Å². The van der Waals surface area contributed by atoms with E-state index in [0.717, 1.165) is 6.54 Å². The molecule has 2 atom stereocenters. The fourth-order valence-electron chi connectivity index (χ4n) is 3.19. The summed E-state index contributed by atoms with van der Waals surface area (Å²) in [5.74, 6) is 0.516. The Bertz CT molecular complexity index is 408. The SMILES string of the molecule is Cc1ccc(C(C)C(CN)N2CCCCC2)cc1C. The van der Waals surface area contributed by atoms with Gasteiger partial charge in [-0.2, -0.15) is 0 Å². The minimum atomic E-state index is 0.488. The quantitative estimate of drug-likeness (QED) is 0.900. The van der Waals surface area contributed by atoms with Crippen LogP contribution in [0.5, 0.6) is 0 Å². The van der Waals surface area contributed by atoms with Gasteiger partial charge >= 0.3 is 0 Å². The third-order valence-electron chi connectivity index (χ3n) is 4.74. The lowest BCUT2D eigenvalue weighted by molar-refractivity contribution is 0.149. The van der Waals surface area contributed by atoms with Gasteiger partial charge in [0, 0.05) is 12.6 Å². The van der Waals surface area contributed by atoms with Crippen LogP contribution in [0.25, 0.3) is 0 Å². The first kappa shape index (κ1) is 14.5. The molecule has 2 rings (SSSR count). The zero-order valence-electron chi connectivity index (χ0n) is 12.7.